The van der Waals surface area contributed by atoms with Crippen molar-refractivity contribution in [2.45, 2.75) is 39.2 Å². The van der Waals surface area contributed by atoms with Gasteiger partial charge in [-0.25, -0.2) is 0 Å². The molecule has 1 heterocycles. The molecule has 2 aromatic rings. The molecule has 0 aliphatic heterocycles. The number of hydrogen-bond donors (Lipinski definition) is 0. The highest BCUT2D eigenvalue weighted by Crippen LogP contribution is 2.35. The second-order valence-corrected chi connectivity index (χ2v) is 6.02. The molecule has 1 atom stereocenters. The summed E-state index contributed by atoms with van der Waals surface area (Å²) in [6, 6.07) is 6.46. The summed E-state index contributed by atoms with van der Waals surface area (Å²) in [6.45, 7) is 4.18. The largest absolute Gasteiger partial charge is 0.464 e. The molecule has 3 heteroatoms. The molecule has 0 radical (unpaired) electrons. The Bertz CT molecular complexity index is 639. The SMILES string of the molecule is Cc1ccc2c(CC(=O)N(C)C(C)C3CC3)coc2c1. The Kier molecular flexibility index (Phi) is 3.28. The number of nitrogens with zero attached hydrogens (tertiary/aromatic N) is 1. The molecule has 1 aliphatic carbocycles. The average Bonchev–Trinajstić information content (AvgIpc) is 3.21. The predicted octanol–water partition coefficient (Wildman–Crippen LogP) is 3.54. The van der Waals surface area contributed by atoms with E-state index in [1.807, 2.05) is 31.0 Å². The predicted molar refractivity (Wildman–Crippen MR) is 79.6 cm³/mol. The highest BCUT2D eigenvalue weighted by molar-refractivity contribution is 5.88. The smallest absolute Gasteiger partial charge is 0.227 e. The summed E-state index contributed by atoms with van der Waals surface area (Å²) in [5.41, 5.74) is 3.02. The van der Waals surface area contributed by atoms with Gasteiger partial charge in [0.1, 0.15) is 5.58 Å². The van der Waals surface area contributed by atoms with E-state index >= 15 is 0 Å². The van der Waals surface area contributed by atoms with Crippen molar-refractivity contribution < 1.29 is 9.21 Å². The fourth-order valence-corrected chi connectivity index (χ4v) is 2.74. The molecule has 1 aliphatic rings. The molecule has 3 nitrogen and oxygen atoms in total. The Labute approximate surface area is 119 Å². The van der Waals surface area contributed by atoms with Gasteiger partial charge < -0.3 is 9.32 Å². The first-order valence-corrected chi connectivity index (χ1v) is 7.28. The van der Waals surface area contributed by atoms with Crippen molar-refractivity contribution in [1.29, 1.82) is 0 Å². The number of benzene rings is 1. The summed E-state index contributed by atoms with van der Waals surface area (Å²) in [5, 5.41) is 1.05. The van der Waals surface area contributed by atoms with Crippen LogP contribution >= 0.6 is 0 Å². The molecule has 1 fully saturated rings. The van der Waals surface area contributed by atoms with E-state index in [9.17, 15) is 4.79 Å². The number of carbonyl (C=O) groups is 1. The minimum atomic E-state index is 0.174. The van der Waals surface area contributed by atoms with Crippen molar-refractivity contribution in [3.05, 3.63) is 35.6 Å². The molecular formula is C17H21NO2. The van der Waals surface area contributed by atoms with E-state index in [4.69, 9.17) is 4.42 Å². The van der Waals surface area contributed by atoms with Crippen LogP contribution in [0.5, 0.6) is 0 Å². The van der Waals surface area contributed by atoms with Crippen LogP contribution in [-0.4, -0.2) is 23.9 Å². The van der Waals surface area contributed by atoms with Gasteiger partial charge in [-0.15, -0.1) is 0 Å². The van der Waals surface area contributed by atoms with Gasteiger partial charge in [-0.3, -0.25) is 4.79 Å². The maximum atomic E-state index is 12.4. The number of rotatable bonds is 4. The van der Waals surface area contributed by atoms with Gasteiger partial charge >= 0.3 is 0 Å². The summed E-state index contributed by atoms with van der Waals surface area (Å²) in [5.74, 6) is 0.875. The first kappa shape index (κ1) is 13.2. The first-order chi connectivity index (χ1) is 9.56. The minimum Gasteiger partial charge on any atom is -0.464 e. The van der Waals surface area contributed by atoms with Crippen LogP contribution in [0.2, 0.25) is 0 Å². The molecule has 0 saturated heterocycles. The fraction of sp³-hybridized carbons (Fsp3) is 0.471. The quantitative estimate of drug-likeness (QED) is 0.852. The van der Waals surface area contributed by atoms with Crippen LogP contribution in [0.15, 0.2) is 28.9 Å². The van der Waals surface area contributed by atoms with Gasteiger partial charge in [0.05, 0.1) is 12.7 Å². The molecular weight excluding hydrogens is 250 g/mol. The molecule has 1 saturated carbocycles. The summed E-state index contributed by atoms with van der Waals surface area (Å²) in [6.07, 6.45) is 4.65. The van der Waals surface area contributed by atoms with Crippen molar-refractivity contribution in [3.63, 3.8) is 0 Å². The van der Waals surface area contributed by atoms with E-state index in [1.54, 1.807) is 6.26 Å². The average molecular weight is 271 g/mol. The summed E-state index contributed by atoms with van der Waals surface area (Å²) < 4.78 is 5.56. The molecule has 1 aromatic heterocycles. The zero-order chi connectivity index (χ0) is 14.3. The third-order valence-electron chi connectivity index (χ3n) is 4.46. The number of amides is 1. The minimum absolute atomic E-state index is 0.174. The zero-order valence-corrected chi connectivity index (χ0v) is 12.3. The second kappa shape index (κ2) is 4.97. The van der Waals surface area contributed by atoms with Crippen molar-refractivity contribution >= 4 is 16.9 Å². The zero-order valence-electron chi connectivity index (χ0n) is 12.3. The number of likely N-dealkylation sites (N-methyl/N-ethyl adjacent to an activating group) is 1. The Morgan fingerprint density at radius 3 is 2.90 bits per heavy atom. The van der Waals surface area contributed by atoms with Crippen LogP contribution in [0.4, 0.5) is 0 Å². The van der Waals surface area contributed by atoms with E-state index < -0.39 is 0 Å². The van der Waals surface area contributed by atoms with E-state index in [0.717, 1.165) is 16.5 Å². The van der Waals surface area contributed by atoms with E-state index in [2.05, 4.69) is 13.0 Å². The van der Waals surface area contributed by atoms with Crippen LogP contribution < -0.4 is 0 Å². The lowest BCUT2D eigenvalue weighted by molar-refractivity contribution is -0.131. The molecule has 0 spiro atoms. The van der Waals surface area contributed by atoms with Crippen molar-refractivity contribution in [2.75, 3.05) is 7.05 Å². The third-order valence-corrected chi connectivity index (χ3v) is 4.46. The Morgan fingerprint density at radius 2 is 2.20 bits per heavy atom. The standard InChI is InChI=1S/C17H21NO2/c1-11-4-7-15-14(10-20-16(15)8-11)9-17(19)18(3)12(2)13-5-6-13/h4,7-8,10,12-13H,5-6,9H2,1-3H3. The van der Waals surface area contributed by atoms with Crippen LogP contribution in [0.3, 0.4) is 0 Å². The molecule has 1 amide bonds. The second-order valence-electron chi connectivity index (χ2n) is 6.02. The maximum absolute atomic E-state index is 12.4. The van der Waals surface area contributed by atoms with Gasteiger partial charge in [0.2, 0.25) is 5.91 Å². The van der Waals surface area contributed by atoms with Gasteiger partial charge in [0.15, 0.2) is 0 Å². The van der Waals surface area contributed by atoms with Crippen molar-refractivity contribution in [1.82, 2.24) is 4.90 Å². The Hall–Kier alpha value is -1.77. The lowest BCUT2D eigenvalue weighted by Crippen LogP contribution is -2.37. The molecule has 3 rings (SSSR count). The van der Waals surface area contributed by atoms with Crippen LogP contribution in [-0.2, 0) is 11.2 Å². The van der Waals surface area contributed by atoms with Crippen LogP contribution in [0, 0.1) is 12.8 Å². The van der Waals surface area contributed by atoms with Crippen LogP contribution in [0.25, 0.3) is 11.0 Å². The monoisotopic (exact) mass is 271 g/mol. The summed E-state index contributed by atoms with van der Waals surface area (Å²) in [7, 11) is 1.91. The lowest BCUT2D eigenvalue weighted by Gasteiger charge is -2.24. The maximum Gasteiger partial charge on any atom is 0.227 e. The summed E-state index contributed by atoms with van der Waals surface area (Å²) >= 11 is 0. The summed E-state index contributed by atoms with van der Waals surface area (Å²) in [4.78, 5) is 14.3. The normalized spacial score (nSPS) is 16.4. The van der Waals surface area contributed by atoms with Gasteiger partial charge in [0.25, 0.3) is 0 Å². The van der Waals surface area contributed by atoms with Crippen LogP contribution in [0.1, 0.15) is 30.9 Å². The molecule has 0 bridgehead atoms. The van der Waals surface area contributed by atoms with Gasteiger partial charge in [-0.05, 0) is 44.2 Å². The topological polar surface area (TPSA) is 33.5 Å². The van der Waals surface area contributed by atoms with Gasteiger partial charge in [0, 0.05) is 24.0 Å². The molecule has 0 N–H and O–H groups in total. The highest BCUT2D eigenvalue weighted by atomic mass is 16.3. The highest BCUT2D eigenvalue weighted by Gasteiger charge is 2.32. The number of hydrogen-bond acceptors (Lipinski definition) is 2. The molecule has 20 heavy (non-hydrogen) atoms. The number of fused-ring (bicyclic) bond motifs is 1. The number of aryl methyl sites for hydroxylation is 1. The van der Waals surface area contributed by atoms with Gasteiger partial charge in [-0.2, -0.15) is 0 Å². The van der Waals surface area contributed by atoms with Crippen molar-refractivity contribution in [3.8, 4) is 0 Å². The van der Waals surface area contributed by atoms with E-state index in [1.165, 1.54) is 18.4 Å². The first-order valence-electron chi connectivity index (χ1n) is 7.28. The Balaban J connectivity index is 1.77. The Morgan fingerprint density at radius 1 is 1.45 bits per heavy atom. The number of carbonyl (C=O) groups excluding carboxylic acids is 1. The lowest BCUT2D eigenvalue weighted by atomic mass is 10.1. The van der Waals surface area contributed by atoms with E-state index in [-0.39, 0.29) is 5.91 Å². The fourth-order valence-electron chi connectivity index (χ4n) is 2.74. The third kappa shape index (κ3) is 2.45. The molecule has 1 unspecified atom stereocenters. The molecule has 1 aromatic carbocycles. The molecule has 106 valence electrons. The van der Waals surface area contributed by atoms with E-state index in [0.29, 0.717) is 18.4 Å². The number of furan rings is 1. The van der Waals surface area contributed by atoms with Gasteiger partial charge in [-0.1, -0.05) is 12.1 Å². The van der Waals surface area contributed by atoms with Crippen molar-refractivity contribution in [2.24, 2.45) is 5.92 Å².